The van der Waals surface area contributed by atoms with Gasteiger partial charge in [-0.15, -0.1) is 0 Å². The molecule has 0 atom stereocenters. The van der Waals surface area contributed by atoms with E-state index in [1.54, 1.807) is 0 Å². The molecule has 0 radical (unpaired) electrons. The molecule has 0 aromatic carbocycles. The molecule has 0 aliphatic carbocycles. The van der Waals surface area contributed by atoms with Gasteiger partial charge in [0, 0.05) is 0 Å². The highest BCUT2D eigenvalue weighted by Gasteiger charge is 1.58. The van der Waals surface area contributed by atoms with Crippen molar-refractivity contribution < 1.29 is 10.2 Å². The summed E-state index contributed by atoms with van der Waals surface area (Å²) in [7, 11) is 0. The van der Waals surface area contributed by atoms with E-state index in [1.807, 2.05) is 0 Å². The first-order valence-electron chi connectivity index (χ1n) is 1.96. The molecule has 0 aromatic rings. The molecule has 5 heteroatoms. The molecule has 7 N–H and O–H groups in total. The smallest absolute Gasteiger partial charge is 0.183 e. The maximum atomic E-state index is 7.62. The summed E-state index contributed by atoms with van der Waals surface area (Å²) < 4.78 is 0. The third kappa shape index (κ3) is 2520. The summed E-state index contributed by atoms with van der Waals surface area (Å²) in [5.41, 5.74) is 8.94. The first kappa shape index (κ1) is 10.2. The first-order chi connectivity index (χ1) is 3.65. The van der Waals surface area contributed by atoms with Crippen LogP contribution in [0.1, 0.15) is 0 Å². The summed E-state index contributed by atoms with van der Waals surface area (Å²) in [5, 5.41) is 21.3. The van der Waals surface area contributed by atoms with Gasteiger partial charge in [-0.2, -0.15) is 0 Å². The molecule has 50 valence electrons. The van der Waals surface area contributed by atoms with Crippen LogP contribution >= 0.6 is 0 Å². The van der Waals surface area contributed by atoms with Crippen LogP contribution in [-0.4, -0.2) is 29.4 Å². The van der Waals surface area contributed by atoms with Crippen molar-refractivity contribution in [2.45, 2.75) is 0 Å². The molecule has 0 saturated carbocycles. The second kappa shape index (κ2) is 9.50. The Bertz CT molecular complexity index is 50.5. The van der Waals surface area contributed by atoms with E-state index in [4.69, 9.17) is 15.6 Å². The summed E-state index contributed by atoms with van der Waals surface area (Å²) in [6.07, 6.45) is 0. The van der Waals surface area contributed by atoms with Gasteiger partial charge in [0.25, 0.3) is 0 Å². The number of hydrogen-bond donors (Lipinski definition) is 5. The number of nitrogens with two attached hydrogens (primary N) is 2. The molecule has 0 amide bonds. The monoisotopic (exact) mass is 121 g/mol. The highest BCUT2D eigenvalue weighted by atomic mass is 16.3. The van der Waals surface area contributed by atoms with Crippen LogP contribution in [0.25, 0.3) is 0 Å². The van der Waals surface area contributed by atoms with Gasteiger partial charge in [0.15, 0.2) is 5.96 Å². The Labute approximate surface area is 47.4 Å². The molecule has 0 spiro atoms. The van der Waals surface area contributed by atoms with E-state index in [2.05, 4.69) is 11.5 Å². The second-order valence-corrected chi connectivity index (χ2v) is 0.903. The van der Waals surface area contributed by atoms with E-state index in [0.717, 1.165) is 0 Å². The molecule has 0 aliphatic heterocycles. The van der Waals surface area contributed by atoms with Gasteiger partial charge in [-0.05, 0) is 0 Å². The van der Waals surface area contributed by atoms with Crippen LogP contribution in [-0.2, 0) is 0 Å². The van der Waals surface area contributed by atoms with Crippen LogP contribution < -0.4 is 11.5 Å². The first-order valence-corrected chi connectivity index (χ1v) is 1.96. The second-order valence-electron chi connectivity index (χ2n) is 0.903. The number of aliphatic hydroxyl groups excluding tert-OH is 2. The lowest BCUT2D eigenvalue weighted by atomic mass is 10.8. The molecule has 0 saturated heterocycles. The molecule has 0 unspecified atom stereocenters. The van der Waals surface area contributed by atoms with Crippen LogP contribution in [0.3, 0.4) is 0 Å². The van der Waals surface area contributed by atoms with Crippen molar-refractivity contribution in [2.24, 2.45) is 11.5 Å². The average Bonchev–Trinajstić information content (AvgIpc) is 1.65. The molecular weight excluding hydrogens is 110 g/mol. The highest BCUT2D eigenvalue weighted by molar-refractivity contribution is 5.71. The van der Waals surface area contributed by atoms with Crippen molar-refractivity contribution in [3.63, 3.8) is 0 Å². The van der Waals surface area contributed by atoms with Crippen molar-refractivity contribution in [3.8, 4) is 0 Å². The third-order valence-corrected chi connectivity index (χ3v) is 0.1000. The van der Waals surface area contributed by atoms with Crippen LogP contribution in [0.15, 0.2) is 0 Å². The van der Waals surface area contributed by atoms with Crippen LogP contribution in [0.2, 0.25) is 0 Å². The van der Waals surface area contributed by atoms with Gasteiger partial charge in [-0.3, -0.25) is 5.41 Å². The lowest BCUT2D eigenvalue weighted by Crippen LogP contribution is -2.20. The maximum absolute atomic E-state index is 7.62. The summed E-state index contributed by atoms with van der Waals surface area (Å²) in [4.78, 5) is 0. The normalized spacial score (nSPS) is 6.75. The number of guanidine groups is 1. The van der Waals surface area contributed by atoms with Gasteiger partial charge in [0.1, 0.15) is 0 Å². The Balaban J connectivity index is 0. The Morgan fingerprint density at radius 2 is 1.38 bits per heavy atom. The number of nitrogens with one attached hydrogen (secondary N) is 1. The molecular formula is C3H11N3O2. The van der Waals surface area contributed by atoms with E-state index in [0.29, 0.717) is 0 Å². The lowest BCUT2D eigenvalue weighted by molar-refractivity contribution is 0.186. The van der Waals surface area contributed by atoms with Gasteiger partial charge in [-0.1, -0.05) is 0 Å². The Hall–Kier alpha value is -0.810. The SMILES string of the molecule is N=C(N)N.OCCO. The Kier molecular flexibility index (Phi) is 12.1. The molecule has 0 rings (SSSR count). The zero-order chi connectivity index (χ0) is 6.99. The predicted octanol–water partition coefficient (Wildman–Crippen LogP) is -2.19. The van der Waals surface area contributed by atoms with Crippen LogP contribution in [0, 0.1) is 5.41 Å². The summed E-state index contributed by atoms with van der Waals surface area (Å²) in [5.74, 6) is -0.333. The molecule has 0 aliphatic rings. The molecule has 0 bridgehead atoms. The van der Waals surface area contributed by atoms with E-state index in [1.165, 1.54) is 0 Å². The van der Waals surface area contributed by atoms with Gasteiger partial charge >= 0.3 is 0 Å². The topological polar surface area (TPSA) is 116 Å². The van der Waals surface area contributed by atoms with Gasteiger partial charge in [0.05, 0.1) is 13.2 Å². The predicted molar refractivity (Wildman–Crippen MR) is 30.3 cm³/mol. The largest absolute Gasteiger partial charge is 0.394 e. The molecule has 0 fully saturated rings. The third-order valence-electron chi connectivity index (χ3n) is 0.1000. The summed E-state index contributed by atoms with van der Waals surface area (Å²) in [6.45, 7) is -0.250. The fraction of sp³-hybridized carbons (Fsp3) is 0.667. The fourth-order valence-electron chi connectivity index (χ4n) is 0. The molecule has 0 heterocycles. The number of rotatable bonds is 1. The maximum Gasteiger partial charge on any atom is 0.183 e. The fourth-order valence-corrected chi connectivity index (χ4v) is 0. The minimum Gasteiger partial charge on any atom is -0.394 e. The van der Waals surface area contributed by atoms with Gasteiger partial charge < -0.3 is 21.7 Å². The van der Waals surface area contributed by atoms with Crippen molar-refractivity contribution in [1.29, 1.82) is 5.41 Å². The average molecular weight is 121 g/mol. The minimum absolute atomic E-state index is 0.125. The van der Waals surface area contributed by atoms with Crippen LogP contribution in [0.5, 0.6) is 0 Å². The lowest BCUT2D eigenvalue weighted by Gasteiger charge is -1.70. The number of aliphatic hydroxyl groups is 2. The van der Waals surface area contributed by atoms with Crippen molar-refractivity contribution in [3.05, 3.63) is 0 Å². The highest BCUT2D eigenvalue weighted by Crippen LogP contribution is 1.39. The van der Waals surface area contributed by atoms with Crippen molar-refractivity contribution in [1.82, 2.24) is 0 Å². The van der Waals surface area contributed by atoms with Crippen LogP contribution in [0.4, 0.5) is 0 Å². The Morgan fingerprint density at radius 3 is 1.38 bits per heavy atom. The van der Waals surface area contributed by atoms with Gasteiger partial charge in [0.2, 0.25) is 0 Å². The summed E-state index contributed by atoms with van der Waals surface area (Å²) >= 11 is 0. The molecule has 5 nitrogen and oxygen atoms in total. The van der Waals surface area contributed by atoms with E-state index in [-0.39, 0.29) is 19.2 Å². The summed E-state index contributed by atoms with van der Waals surface area (Å²) in [6, 6.07) is 0. The minimum atomic E-state index is -0.333. The van der Waals surface area contributed by atoms with E-state index in [9.17, 15) is 0 Å². The Morgan fingerprint density at radius 1 is 1.25 bits per heavy atom. The molecule has 8 heavy (non-hydrogen) atoms. The zero-order valence-electron chi connectivity index (χ0n) is 4.46. The zero-order valence-corrected chi connectivity index (χ0v) is 4.46. The van der Waals surface area contributed by atoms with Crippen molar-refractivity contribution >= 4 is 5.96 Å². The molecule has 0 aromatic heterocycles. The van der Waals surface area contributed by atoms with E-state index < -0.39 is 0 Å². The van der Waals surface area contributed by atoms with E-state index >= 15 is 0 Å². The van der Waals surface area contributed by atoms with Gasteiger partial charge in [-0.25, -0.2) is 0 Å². The number of hydrogen-bond acceptors (Lipinski definition) is 3. The quantitative estimate of drug-likeness (QED) is 0.200. The van der Waals surface area contributed by atoms with Crippen molar-refractivity contribution in [2.75, 3.05) is 13.2 Å². The standard InChI is InChI=1S/C2H6O2.CH5N3/c3-1-2-4;2-1(3)4/h3-4H,1-2H2;(H5,2,3,4).